The van der Waals surface area contributed by atoms with Gasteiger partial charge < -0.3 is 4.74 Å². The summed E-state index contributed by atoms with van der Waals surface area (Å²) in [5.74, 6) is 0. The van der Waals surface area contributed by atoms with Gasteiger partial charge in [-0.1, -0.05) is 42.0 Å². The summed E-state index contributed by atoms with van der Waals surface area (Å²) in [4.78, 5) is 2.46. The van der Waals surface area contributed by atoms with E-state index in [1.807, 2.05) is 24.0 Å². The van der Waals surface area contributed by atoms with Crippen LogP contribution in [0, 0.1) is 0 Å². The van der Waals surface area contributed by atoms with Crippen LogP contribution in [0.25, 0.3) is 6.08 Å². The fourth-order valence-electron chi connectivity index (χ4n) is 3.19. The topological polar surface area (TPSA) is 30.3 Å². The molecule has 4 heteroatoms. The molecule has 122 valence electrons. The molecule has 2 aromatic rings. The molecule has 1 aliphatic rings. The van der Waals surface area contributed by atoms with Crippen LogP contribution in [0.5, 0.6) is 0 Å². The smallest absolute Gasteiger partial charge is 0.106 e. The zero-order valence-corrected chi connectivity index (χ0v) is 14.2. The van der Waals surface area contributed by atoms with Crippen molar-refractivity contribution in [3.05, 3.63) is 59.4 Å². The molecule has 1 aliphatic heterocycles. The van der Waals surface area contributed by atoms with Crippen LogP contribution in [-0.4, -0.2) is 40.9 Å². The Bertz CT molecular complexity index is 677. The van der Waals surface area contributed by atoms with Gasteiger partial charge in [-0.3, -0.25) is 9.58 Å². The number of ether oxygens (including phenoxy) is 1. The minimum atomic E-state index is -0.278. The average molecular weight is 311 g/mol. The van der Waals surface area contributed by atoms with Crippen molar-refractivity contribution in [3.63, 3.8) is 0 Å². The van der Waals surface area contributed by atoms with E-state index in [-0.39, 0.29) is 5.60 Å². The van der Waals surface area contributed by atoms with Crippen LogP contribution in [0.1, 0.15) is 25.0 Å². The van der Waals surface area contributed by atoms with Crippen LogP contribution < -0.4 is 0 Å². The summed E-state index contributed by atoms with van der Waals surface area (Å²) >= 11 is 0. The van der Waals surface area contributed by atoms with Gasteiger partial charge in [0.25, 0.3) is 0 Å². The minimum absolute atomic E-state index is 0.278. The number of morpholine rings is 1. The molecule has 0 bridgehead atoms. The Morgan fingerprint density at radius 1 is 1.35 bits per heavy atom. The van der Waals surface area contributed by atoms with E-state index in [0.29, 0.717) is 0 Å². The number of aromatic nitrogens is 2. The van der Waals surface area contributed by atoms with E-state index < -0.39 is 0 Å². The van der Waals surface area contributed by atoms with Gasteiger partial charge in [0.05, 0.1) is 12.8 Å². The molecule has 0 spiro atoms. The molecule has 1 saturated heterocycles. The SMILES string of the molecule is C/C(=C\c1ccccc1)CN1CCOC(C)(c2cnn(C)c2)C1. The molecule has 0 saturated carbocycles. The average Bonchev–Trinajstić information content (AvgIpc) is 2.96. The highest BCUT2D eigenvalue weighted by molar-refractivity contribution is 5.52. The Balaban J connectivity index is 1.68. The fraction of sp³-hybridized carbons (Fsp3) is 0.421. The summed E-state index contributed by atoms with van der Waals surface area (Å²) < 4.78 is 7.92. The zero-order chi connectivity index (χ0) is 16.3. The van der Waals surface area contributed by atoms with E-state index in [2.05, 4.69) is 60.4 Å². The summed E-state index contributed by atoms with van der Waals surface area (Å²) in [5.41, 5.74) is 3.49. The third-order valence-corrected chi connectivity index (χ3v) is 4.35. The first-order chi connectivity index (χ1) is 11.0. The lowest BCUT2D eigenvalue weighted by Gasteiger charge is -2.40. The standard InChI is InChI=1S/C19H25N3O/c1-16(11-17-7-5-4-6-8-17)13-22-9-10-23-19(2,15-22)18-12-20-21(3)14-18/h4-8,11-12,14H,9-10,13,15H2,1-3H3/b16-11+. The van der Waals surface area contributed by atoms with Gasteiger partial charge in [-0.05, 0) is 19.4 Å². The maximum atomic E-state index is 6.08. The van der Waals surface area contributed by atoms with Crippen molar-refractivity contribution in [2.24, 2.45) is 7.05 Å². The van der Waals surface area contributed by atoms with Gasteiger partial charge in [-0.15, -0.1) is 0 Å². The van der Waals surface area contributed by atoms with Crippen LogP contribution in [0.15, 0.2) is 48.3 Å². The Labute approximate surface area is 138 Å². The molecule has 1 atom stereocenters. The molecule has 23 heavy (non-hydrogen) atoms. The first-order valence-electron chi connectivity index (χ1n) is 8.13. The third-order valence-electron chi connectivity index (χ3n) is 4.35. The minimum Gasteiger partial charge on any atom is -0.368 e. The van der Waals surface area contributed by atoms with Gasteiger partial charge in [0, 0.05) is 38.4 Å². The molecule has 0 amide bonds. The van der Waals surface area contributed by atoms with E-state index in [0.717, 1.165) is 31.8 Å². The molecule has 2 heterocycles. The van der Waals surface area contributed by atoms with Crippen molar-refractivity contribution >= 4 is 6.08 Å². The maximum Gasteiger partial charge on any atom is 0.106 e. The molecule has 1 aromatic carbocycles. The number of nitrogens with zero attached hydrogens (tertiary/aromatic N) is 3. The van der Waals surface area contributed by atoms with Gasteiger partial charge in [0.15, 0.2) is 0 Å². The zero-order valence-electron chi connectivity index (χ0n) is 14.2. The molecule has 3 rings (SSSR count). The highest BCUT2D eigenvalue weighted by Crippen LogP contribution is 2.29. The summed E-state index contributed by atoms with van der Waals surface area (Å²) in [6, 6.07) is 10.5. The number of rotatable bonds is 4. The highest BCUT2D eigenvalue weighted by Gasteiger charge is 2.34. The first kappa shape index (κ1) is 16.0. The van der Waals surface area contributed by atoms with Crippen molar-refractivity contribution in [1.82, 2.24) is 14.7 Å². The molecule has 0 N–H and O–H groups in total. The Morgan fingerprint density at radius 2 is 2.13 bits per heavy atom. The molecular weight excluding hydrogens is 286 g/mol. The second kappa shape index (κ2) is 6.69. The third kappa shape index (κ3) is 3.89. The van der Waals surface area contributed by atoms with Gasteiger partial charge in [-0.2, -0.15) is 5.10 Å². The summed E-state index contributed by atoms with van der Waals surface area (Å²) in [6.07, 6.45) is 6.23. The number of hydrogen-bond donors (Lipinski definition) is 0. The fourth-order valence-corrected chi connectivity index (χ4v) is 3.19. The summed E-state index contributed by atoms with van der Waals surface area (Å²) in [6.45, 7) is 7.93. The van der Waals surface area contributed by atoms with Crippen LogP contribution in [0.4, 0.5) is 0 Å². The second-order valence-electron chi connectivity index (χ2n) is 6.59. The normalized spacial score (nSPS) is 23.2. The van der Waals surface area contributed by atoms with Crippen LogP contribution in [-0.2, 0) is 17.4 Å². The van der Waals surface area contributed by atoms with Crippen molar-refractivity contribution in [3.8, 4) is 0 Å². The van der Waals surface area contributed by atoms with Gasteiger partial charge in [0.2, 0.25) is 0 Å². The Morgan fingerprint density at radius 3 is 2.83 bits per heavy atom. The Hall–Kier alpha value is -1.91. The second-order valence-corrected chi connectivity index (χ2v) is 6.59. The van der Waals surface area contributed by atoms with E-state index in [1.54, 1.807) is 0 Å². The Kier molecular flexibility index (Phi) is 4.64. The summed E-state index contributed by atoms with van der Waals surface area (Å²) in [5, 5.41) is 4.29. The molecule has 1 unspecified atom stereocenters. The quantitative estimate of drug-likeness (QED) is 0.869. The van der Waals surface area contributed by atoms with Crippen molar-refractivity contribution in [2.45, 2.75) is 19.4 Å². The lowest BCUT2D eigenvalue weighted by atomic mass is 9.96. The number of hydrogen-bond acceptors (Lipinski definition) is 3. The van der Waals surface area contributed by atoms with Crippen molar-refractivity contribution < 1.29 is 4.74 Å². The van der Waals surface area contributed by atoms with E-state index in [4.69, 9.17) is 4.74 Å². The largest absolute Gasteiger partial charge is 0.368 e. The lowest BCUT2D eigenvalue weighted by molar-refractivity contribution is -0.101. The van der Waals surface area contributed by atoms with E-state index in [1.165, 1.54) is 11.1 Å². The highest BCUT2D eigenvalue weighted by atomic mass is 16.5. The first-order valence-corrected chi connectivity index (χ1v) is 8.13. The van der Waals surface area contributed by atoms with Crippen LogP contribution >= 0.6 is 0 Å². The molecule has 0 aliphatic carbocycles. The van der Waals surface area contributed by atoms with Gasteiger partial charge in [0.1, 0.15) is 5.60 Å². The van der Waals surface area contributed by atoms with Gasteiger partial charge >= 0.3 is 0 Å². The van der Waals surface area contributed by atoms with Gasteiger partial charge in [-0.25, -0.2) is 0 Å². The maximum absolute atomic E-state index is 6.08. The van der Waals surface area contributed by atoms with Crippen LogP contribution in [0.3, 0.4) is 0 Å². The predicted molar refractivity (Wildman–Crippen MR) is 93.0 cm³/mol. The van der Waals surface area contributed by atoms with E-state index in [9.17, 15) is 0 Å². The van der Waals surface area contributed by atoms with Crippen molar-refractivity contribution in [2.75, 3.05) is 26.2 Å². The molecule has 1 fully saturated rings. The molecule has 1 aromatic heterocycles. The predicted octanol–water partition coefficient (Wildman–Crippen LogP) is 3.07. The molecule has 4 nitrogen and oxygen atoms in total. The number of aryl methyl sites for hydroxylation is 1. The lowest BCUT2D eigenvalue weighted by Crippen LogP contribution is -2.48. The summed E-state index contributed by atoms with van der Waals surface area (Å²) in [7, 11) is 1.94. The van der Waals surface area contributed by atoms with E-state index >= 15 is 0 Å². The molecule has 0 radical (unpaired) electrons. The molecular formula is C19H25N3O. The number of benzene rings is 1. The van der Waals surface area contributed by atoms with Crippen molar-refractivity contribution in [1.29, 1.82) is 0 Å². The monoisotopic (exact) mass is 311 g/mol. The van der Waals surface area contributed by atoms with Crippen LogP contribution in [0.2, 0.25) is 0 Å².